The first-order valence-corrected chi connectivity index (χ1v) is 9.28. The van der Waals surface area contributed by atoms with Gasteiger partial charge in [0.25, 0.3) is 0 Å². The molecule has 1 aromatic carbocycles. The molecular weight excluding hydrogens is 342 g/mol. The molecule has 1 N–H and O–H groups in total. The van der Waals surface area contributed by atoms with Gasteiger partial charge in [-0.15, -0.1) is 11.3 Å². The number of nitrogens with one attached hydrogen (secondary N) is 1. The van der Waals surface area contributed by atoms with Gasteiger partial charge >= 0.3 is 0 Å². The number of benzene rings is 1. The first-order chi connectivity index (χ1) is 10.1. The highest BCUT2D eigenvalue weighted by molar-refractivity contribution is 9.10. The molecule has 112 valence electrons. The average Bonchev–Trinajstić information content (AvgIpc) is 2.80. The molecule has 21 heavy (non-hydrogen) atoms. The summed E-state index contributed by atoms with van der Waals surface area (Å²) in [6.07, 6.45) is 3.67. The van der Waals surface area contributed by atoms with Crippen LogP contribution in [0.1, 0.15) is 41.0 Å². The molecule has 1 heterocycles. The van der Waals surface area contributed by atoms with Crippen molar-refractivity contribution in [2.45, 2.75) is 51.1 Å². The standard InChI is InChI=1S/C18H22BrNS/c1-12(9-16-8-7-13(2)21-16)20-15-10-14(11-15)17-5-3-4-6-18(17)19/h3-8,12,14-15,20H,9-11H2,1-2H3. The molecule has 2 aromatic rings. The van der Waals surface area contributed by atoms with E-state index in [1.165, 1.54) is 32.6 Å². The van der Waals surface area contributed by atoms with E-state index in [-0.39, 0.29) is 0 Å². The van der Waals surface area contributed by atoms with Crippen LogP contribution in [-0.2, 0) is 6.42 Å². The minimum Gasteiger partial charge on any atom is -0.311 e. The highest BCUT2D eigenvalue weighted by atomic mass is 79.9. The van der Waals surface area contributed by atoms with Crippen LogP contribution >= 0.6 is 27.3 Å². The Morgan fingerprint density at radius 1 is 1.24 bits per heavy atom. The fraction of sp³-hybridized carbons (Fsp3) is 0.444. The van der Waals surface area contributed by atoms with Crippen molar-refractivity contribution in [2.24, 2.45) is 0 Å². The lowest BCUT2D eigenvalue weighted by atomic mass is 9.75. The summed E-state index contributed by atoms with van der Waals surface area (Å²) in [6.45, 7) is 4.49. The monoisotopic (exact) mass is 363 g/mol. The molecule has 3 rings (SSSR count). The van der Waals surface area contributed by atoms with E-state index >= 15 is 0 Å². The van der Waals surface area contributed by atoms with Gasteiger partial charge in [0.2, 0.25) is 0 Å². The normalized spacial score (nSPS) is 22.8. The number of aryl methyl sites for hydroxylation is 1. The summed E-state index contributed by atoms with van der Waals surface area (Å²) in [5.41, 5.74) is 1.47. The molecule has 1 nitrogen and oxygen atoms in total. The van der Waals surface area contributed by atoms with E-state index in [1.807, 2.05) is 11.3 Å². The first-order valence-electron chi connectivity index (χ1n) is 7.67. The van der Waals surface area contributed by atoms with Gasteiger partial charge in [-0.1, -0.05) is 34.1 Å². The Kier molecular flexibility index (Phi) is 4.82. The second-order valence-electron chi connectivity index (χ2n) is 6.17. The van der Waals surface area contributed by atoms with Crippen LogP contribution in [-0.4, -0.2) is 12.1 Å². The maximum Gasteiger partial charge on any atom is 0.0210 e. The summed E-state index contributed by atoms with van der Waals surface area (Å²) in [5, 5.41) is 3.78. The Balaban J connectivity index is 1.47. The van der Waals surface area contributed by atoms with Gasteiger partial charge in [-0.3, -0.25) is 0 Å². The van der Waals surface area contributed by atoms with Gasteiger partial charge in [0.15, 0.2) is 0 Å². The van der Waals surface area contributed by atoms with Crippen molar-refractivity contribution in [3.8, 4) is 0 Å². The second kappa shape index (κ2) is 6.64. The fourth-order valence-electron chi connectivity index (χ4n) is 3.17. The third-order valence-electron chi connectivity index (χ3n) is 4.31. The number of hydrogen-bond donors (Lipinski definition) is 1. The number of halogens is 1. The molecule has 0 bridgehead atoms. The van der Waals surface area contributed by atoms with Crippen molar-refractivity contribution < 1.29 is 0 Å². The van der Waals surface area contributed by atoms with E-state index < -0.39 is 0 Å². The maximum atomic E-state index is 3.78. The summed E-state index contributed by atoms with van der Waals surface area (Å²) >= 11 is 5.59. The highest BCUT2D eigenvalue weighted by Gasteiger charge is 2.31. The SMILES string of the molecule is Cc1ccc(CC(C)NC2CC(c3ccccc3Br)C2)s1. The Hall–Kier alpha value is -0.640. The lowest BCUT2D eigenvalue weighted by Gasteiger charge is -2.38. The largest absolute Gasteiger partial charge is 0.311 e. The molecule has 1 saturated carbocycles. The summed E-state index contributed by atoms with van der Waals surface area (Å²) < 4.78 is 1.26. The molecular formula is C18H22BrNS. The quantitative estimate of drug-likeness (QED) is 0.761. The maximum absolute atomic E-state index is 3.78. The molecule has 0 aliphatic heterocycles. The number of hydrogen-bond acceptors (Lipinski definition) is 2. The van der Waals surface area contributed by atoms with E-state index in [2.05, 4.69) is 71.5 Å². The molecule has 3 heteroatoms. The minimum atomic E-state index is 0.563. The topological polar surface area (TPSA) is 12.0 Å². The molecule has 1 fully saturated rings. The predicted octanol–water partition coefficient (Wildman–Crippen LogP) is 5.29. The lowest BCUT2D eigenvalue weighted by molar-refractivity contribution is 0.269. The molecule has 0 radical (unpaired) electrons. The first kappa shape index (κ1) is 15.3. The van der Waals surface area contributed by atoms with Crippen molar-refractivity contribution in [1.82, 2.24) is 5.32 Å². The van der Waals surface area contributed by atoms with Gasteiger partial charge in [0, 0.05) is 26.3 Å². The van der Waals surface area contributed by atoms with E-state index in [4.69, 9.17) is 0 Å². The fourth-order valence-corrected chi connectivity index (χ4v) is 4.80. The summed E-state index contributed by atoms with van der Waals surface area (Å²) in [7, 11) is 0. The van der Waals surface area contributed by atoms with Gasteiger partial charge in [0.05, 0.1) is 0 Å². The summed E-state index contributed by atoms with van der Waals surface area (Å²) in [4.78, 5) is 2.91. The van der Waals surface area contributed by atoms with Gasteiger partial charge < -0.3 is 5.32 Å². The van der Waals surface area contributed by atoms with Gasteiger partial charge in [-0.05, 0) is 62.8 Å². The van der Waals surface area contributed by atoms with Crippen LogP contribution in [0.3, 0.4) is 0 Å². The van der Waals surface area contributed by atoms with E-state index in [1.54, 1.807) is 0 Å². The van der Waals surface area contributed by atoms with Gasteiger partial charge in [-0.2, -0.15) is 0 Å². The molecule has 0 saturated heterocycles. The van der Waals surface area contributed by atoms with Gasteiger partial charge in [-0.25, -0.2) is 0 Å². The Bertz CT molecular complexity index is 601. The second-order valence-corrected chi connectivity index (χ2v) is 8.40. The van der Waals surface area contributed by atoms with Crippen LogP contribution in [0.15, 0.2) is 40.9 Å². The van der Waals surface area contributed by atoms with Crippen molar-refractivity contribution in [3.05, 3.63) is 56.2 Å². The van der Waals surface area contributed by atoms with Crippen molar-refractivity contribution in [3.63, 3.8) is 0 Å². The van der Waals surface area contributed by atoms with Crippen LogP contribution in [0.25, 0.3) is 0 Å². The highest BCUT2D eigenvalue weighted by Crippen LogP contribution is 2.40. The Morgan fingerprint density at radius 2 is 2.00 bits per heavy atom. The third-order valence-corrected chi connectivity index (χ3v) is 6.05. The Morgan fingerprint density at radius 3 is 2.67 bits per heavy atom. The molecule has 1 aromatic heterocycles. The number of thiophene rings is 1. The van der Waals surface area contributed by atoms with Crippen LogP contribution in [0.2, 0.25) is 0 Å². The van der Waals surface area contributed by atoms with Gasteiger partial charge in [0.1, 0.15) is 0 Å². The molecule has 1 aliphatic rings. The lowest BCUT2D eigenvalue weighted by Crippen LogP contribution is -2.45. The predicted molar refractivity (Wildman–Crippen MR) is 95.3 cm³/mol. The molecule has 1 unspecified atom stereocenters. The molecule has 0 amide bonds. The third kappa shape index (κ3) is 3.77. The summed E-state index contributed by atoms with van der Waals surface area (Å²) in [6, 6.07) is 14.4. The Labute approximate surface area is 139 Å². The van der Waals surface area contributed by atoms with Crippen molar-refractivity contribution in [2.75, 3.05) is 0 Å². The minimum absolute atomic E-state index is 0.563. The zero-order valence-corrected chi connectivity index (χ0v) is 15.0. The van der Waals surface area contributed by atoms with E-state index in [9.17, 15) is 0 Å². The molecule has 1 aliphatic carbocycles. The van der Waals surface area contributed by atoms with E-state index in [0.29, 0.717) is 18.0 Å². The van der Waals surface area contributed by atoms with E-state index in [0.717, 1.165) is 6.42 Å². The van der Waals surface area contributed by atoms with Crippen LogP contribution in [0.5, 0.6) is 0 Å². The smallest absolute Gasteiger partial charge is 0.0210 e. The van der Waals surface area contributed by atoms with Crippen LogP contribution < -0.4 is 5.32 Å². The summed E-state index contributed by atoms with van der Waals surface area (Å²) in [5.74, 6) is 0.717. The zero-order valence-electron chi connectivity index (χ0n) is 12.6. The van der Waals surface area contributed by atoms with Crippen molar-refractivity contribution >= 4 is 27.3 Å². The zero-order chi connectivity index (χ0) is 14.8. The molecule has 0 spiro atoms. The number of rotatable bonds is 5. The average molecular weight is 364 g/mol. The van der Waals surface area contributed by atoms with Crippen LogP contribution in [0, 0.1) is 6.92 Å². The van der Waals surface area contributed by atoms with Crippen molar-refractivity contribution in [1.29, 1.82) is 0 Å². The van der Waals surface area contributed by atoms with Crippen LogP contribution in [0.4, 0.5) is 0 Å². The molecule has 1 atom stereocenters.